The predicted octanol–water partition coefficient (Wildman–Crippen LogP) is -23.9. The molecule has 10 rings (SSSR count). The highest BCUT2D eigenvalue weighted by Gasteiger charge is 2.65. The molecule has 133 heavy (non-hydrogen) atoms. The van der Waals surface area contributed by atoms with Crippen LogP contribution < -0.4 is 28.7 Å². The Morgan fingerprint density at radius 1 is 0.338 bits per heavy atom. The SMILES string of the molecule is N[C@@H]1[C@@H](O)[C@H](O)[C@@H](CO[C@@H]2O[C@H](CO[C@]3(C(=O)O)C[C@@H](OP(=O)(O)O)[C@@H](O[C@H]4O[C@H]([C@@H](O)CO)[C@@H](O[C@@H]5O[C@H](CO[C@H]6O[C@H](C(=O)O)[C@H](O)[C@H](O)[C@H]6N)[C@@H](O[C@H]6O[C@H](CO)[C@@H](O)[C@H](O)[C@H]6N)[C@H](O)[C@H]5O)[C@H](O[C@H]5O[C@H]([C@@H](O)CO[C@H]6O[C@H](CO)[C@@H](O)[C@H](O)[C@H]6N)[C@@H](OP(=O)(O)O)[C@H](O)[C@@H]5O[C@@H]5O[C@H](C(=O)O)[C@@H](O)[C@H](O)[C@H]5O)[C@@H]4O)[C@@H]([C@H](O)CO)O3)[C@@H](OP(=O)(O)O)[C@H](O)[C@H]2N)O[C@@H]1O. The third-order valence-electron chi connectivity index (χ3n) is 23.1. The molecular weight excluding hydrogens is 1910 g/mol. The van der Waals surface area contributed by atoms with E-state index in [2.05, 4.69) is 0 Å². The van der Waals surface area contributed by atoms with E-state index in [9.17, 15) is 195 Å². The van der Waals surface area contributed by atoms with Crippen LogP contribution in [0.15, 0.2) is 0 Å². The Bertz CT molecular complexity index is 3880. The van der Waals surface area contributed by atoms with E-state index < -0.39 is 419 Å². The van der Waals surface area contributed by atoms with Gasteiger partial charge in [-0.15, -0.1) is 0 Å². The summed E-state index contributed by atoms with van der Waals surface area (Å²) in [6, 6.07) is -9.37. The number of hydrogen-bond donors (Lipinski definition) is 38. The number of phosphoric acid groups is 3. The monoisotopic (exact) mass is 2020 g/mol. The fraction of sp³-hybridized carbons (Fsp3) is 0.953. The second-order valence-corrected chi connectivity index (χ2v) is 35.9. The van der Waals surface area contributed by atoms with Crippen molar-refractivity contribution in [2.45, 2.75) is 325 Å². The molecule has 0 amide bonds. The molecule has 10 aliphatic rings. The quantitative estimate of drug-likeness (QED) is 0.0255. The molecule has 52 atom stereocenters. The van der Waals surface area contributed by atoms with Crippen molar-refractivity contribution < 1.29 is 299 Å². The van der Waals surface area contributed by atoms with Crippen LogP contribution in [0.5, 0.6) is 0 Å². The molecule has 0 bridgehead atoms. The Hall–Kier alpha value is -3.18. The minimum Gasteiger partial charge on any atom is -0.479 e. The number of phosphoric ester groups is 3. The Kier molecular flexibility index (Phi) is 38.7. The second-order valence-electron chi connectivity index (χ2n) is 32.3. The predicted molar refractivity (Wildman–Crippen MR) is 397 cm³/mol. The van der Waals surface area contributed by atoms with Gasteiger partial charge in [-0.05, 0) is 0 Å². The molecule has 0 unspecified atom stereocenters. The maximum Gasteiger partial charge on any atom is 0.470 e. The number of carboxylic acids is 3. The summed E-state index contributed by atoms with van der Waals surface area (Å²) in [6.07, 6.45) is -118. The molecule has 10 saturated heterocycles. The number of aliphatic hydroxyl groups excluding tert-OH is 24. The summed E-state index contributed by atoms with van der Waals surface area (Å²) in [5.74, 6) is -10.4. The standard InChI is InChI=1S/C64H112N5O61P3/c65-19-27(80)26(79)16(113-54(19)97)7-110-56-23(69)31(84)44(129-132(103,104)105)18(116-56)9-112-64(63(98)99)1-13(128-131(100,101)102)45(42(127-64)11(75)3-71)121-61-39(92)46(122-62-50(125-60-36(89)32(85)34(87)49(124-60)53(95)96)38(91)47(130-133(106,107)108)41(119-62)12(76)6-109-55-20(66)28(81)24(77)14(4-72)114-55)51(40(118-61)10(74)2-70)126-59-37(90)35(88)43(120-58-22(68)29(82)25(78)15(5-73)115-58)17(117-59)8-111-57-21(67)30(83)33(86)48(123-57)52(93)94/h10-51,54-62,70-92,97H,1-9,65-69H2,(H,93,94)(H,95,96)(H,98,99)(H2,100,101,102)(H2,103,104,105)(H2,106,107,108)/t10-,11+,12-,13+,14+,15+,16+,17+,18+,19+,20+,21+,22+,23+,24+,25+,26+,27+,28+,29+,30+,31+,32-,33+,34-,35+,36+,37+,38-,39-,40+,41+,42+,43+,44+,45+,46+,47-,48-,49-,50-,51+,54-,55-,56+,57-,58+,59-,60-,61+,62+,64+/m0/s1. The molecule has 0 saturated carbocycles. The van der Waals surface area contributed by atoms with Crippen molar-refractivity contribution in [3.05, 3.63) is 0 Å². The fourth-order valence-electron chi connectivity index (χ4n) is 15.9. The van der Waals surface area contributed by atoms with Gasteiger partial charge in [-0.1, -0.05) is 0 Å². The molecule has 10 aliphatic heterocycles. The lowest BCUT2D eigenvalue weighted by atomic mass is 9.91. The molecule has 66 nitrogen and oxygen atoms in total. The minimum atomic E-state index is -6.38. The molecule has 0 aromatic rings. The average Bonchev–Trinajstić information content (AvgIpc) is 0.725. The van der Waals surface area contributed by atoms with E-state index in [4.69, 9.17) is 132 Å². The van der Waals surface area contributed by atoms with Crippen molar-refractivity contribution in [1.82, 2.24) is 0 Å². The summed E-state index contributed by atoms with van der Waals surface area (Å²) in [7, 11) is -18.5. The summed E-state index contributed by atoms with van der Waals surface area (Å²) < 4.78 is 163. The Labute approximate surface area is 744 Å². The van der Waals surface area contributed by atoms with Crippen LogP contribution in [0, 0.1) is 0 Å². The summed E-state index contributed by atoms with van der Waals surface area (Å²) in [4.78, 5) is 101. The molecule has 0 spiro atoms. The Morgan fingerprint density at radius 2 is 0.737 bits per heavy atom. The number of carboxylic acid groups (broad SMARTS) is 3. The first-order chi connectivity index (χ1) is 61.9. The number of ether oxygens (including phenoxy) is 19. The van der Waals surface area contributed by atoms with Crippen molar-refractivity contribution in [2.24, 2.45) is 28.7 Å². The van der Waals surface area contributed by atoms with Gasteiger partial charge in [0.2, 0.25) is 0 Å². The molecular formula is C64H112N5O61P3. The van der Waals surface area contributed by atoms with Gasteiger partial charge in [0.1, 0.15) is 214 Å². The highest BCUT2D eigenvalue weighted by atomic mass is 31.2. The first kappa shape index (κ1) is 112. The molecule has 43 N–H and O–H groups in total. The summed E-state index contributed by atoms with van der Waals surface area (Å²) in [6.45, 7) is -11.0. The zero-order valence-electron chi connectivity index (χ0n) is 68.2. The normalized spacial score (nSPS) is 47.8. The molecule has 69 heteroatoms. The van der Waals surface area contributed by atoms with Gasteiger partial charge in [0.15, 0.2) is 68.8 Å². The van der Waals surface area contributed by atoms with Crippen LogP contribution in [0.1, 0.15) is 6.42 Å². The van der Waals surface area contributed by atoms with Gasteiger partial charge in [-0.2, -0.15) is 0 Å². The van der Waals surface area contributed by atoms with Gasteiger partial charge < -0.3 is 286 Å². The van der Waals surface area contributed by atoms with Gasteiger partial charge in [0.05, 0.1) is 83.1 Å². The lowest BCUT2D eigenvalue weighted by Crippen LogP contribution is -2.71. The van der Waals surface area contributed by atoms with Crippen LogP contribution in [0.25, 0.3) is 0 Å². The Morgan fingerprint density at radius 3 is 1.29 bits per heavy atom. The van der Waals surface area contributed by atoms with E-state index in [1.807, 2.05) is 0 Å². The zero-order valence-corrected chi connectivity index (χ0v) is 70.9. The van der Waals surface area contributed by atoms with E-state index in [0.29, 0.717) is 0 Å². The number of aliphatic hydroxyl groups is 24. The van der Waals surface area contributed by atoms with Gasteiger partial charge in [0.25, 0.3) is 5.79 Å². The minimum absolute atomic E-state index is 0.981. The third-order valence-corrected chi connectivity index (χ3v) is 24.7. The number of nitrogens with two attached hydrogens (primary N) is 5. The Balaban J connectivity index is 1.10. The van der Waals surface area contributed by atoms with E-state index >= 15 is 0 Å². The van der Waals surface area contributed by atoms with Crippen molar-refractivity contribution in [3.63, 3.8) is 0 Å². The van der Waals surface area contributed by atoms with Crippen LogP contribution >= 0.6 is 23.5 Å². The first-order valence-corrected chi connectivity index (χ1v) is 44.6. The van der Waals surface area contributed by atoms with Crippen molar-refractivity contribution >= 4 is 41.4 Å². The van der Waals surface area contributed by atoms with Crippen molar-refractivity contribution in [1.29, 1.82) is 0 Å². The summed E-state index contributed by atoms with van der Waals surface area (Å²) in [5, 5.41) is 301. The smallest absolute Gasteiger partial charge is 0.470 e. The average molecular weight is 2020 g/mol. The van der Waals surface area contributed by atoms with Crippen LogP contribution in [0.4, 0.5) is 0 Å². The van der Waals surface area contributed by atoms with E-state index in [1.165, 1.54) is 0 Å². The largest absolute Gasteiger partial charge is 0.479 e. The lowest BCUT2D eigenvalue weighted by Gasteiger charge is -2.53. The van der Waals surface area contributed by atoms with Crippen LogP contribution in [0.3, 0.4) is 0 Å². The first-order valence-electron chi connectivity index (χ1n) is 40.0. The topological polar surface area (TPSA) is 1100 Å². The fourth-order valence-corrected chi connectivity index (χ4v) is 17.6. The van der Waals surface area contributed by atoms with E-state index in [0.717, 1.165) is 0 Å². The number of aliphatic carboxylic acids is 3. The molecule has 774 valence electrons. The van der Waals surface area contributed by atoms with Crippen molar-refractivity contribution in [2.75, 3.05) is 52.9 Å². The van der Waals surface area contributed by atoms with Gasteiger partial charge in [0, 0.05) is 6.42 Å². The number of rotatable bonds is 38. The molecule has 10 heterocycles. The lowest BCUT2D eigenvalue weighted by molar-refractivity contribution is -0.416. The maximum absolute atomic E-state index is 14.0. The number of carbonyl (C=O) groups is 3. The molecule has 0 radical (unpaired) electrons. The molecule has 0 aromatic heterocycles. The van der Waals surface area contributed by atoms with Crippen LogP contribution in [-0.4, -0.2) is 556 Å². The summed E-state index contributed by atoms with van der Waals surface area (Å²) >= 11 is 0. The van der Waals surface area contributed by atoms with E-state index in [1.54, 1.807) is 0 Å². The van der Waals surface area contributed by atoms with E-state index in [-0.39, 0.29) is 0 Å². The molecule has 10 fully saturated rings. The second kappa shape index (κ2) is 46.0. The zero-order chi connectivity index (χ0) is 99.1. The van der Waals surface area contributed by atoms with Crippen LogP contribution in [-0.2, 0) is 132 Å². The number of hydrogen-bond acceptors (Lipinski definition) is 57. The molecule has 0 aliphatic carbocycles. The highest BCUT2D eigenvalue weighted by molar-refractivity contribution is 7.46. The van der Waals surface area contributed by atoms with Crippen molar-refractivity contribution in [3.8, 4) is 0 Å². The summed E-state index contributed by atoms with van der Waals surface area (Å²) in [5.41, 5.74) is 30.1. The molecule has 0 aromatic carbocycles. The highest BCUT2D eigenvalue weighted by Crippen LogP contribution is 2.50. The van der Waals surface area contributed by atoms with Crippen LogP contribution in [0.2, 0.25) is 0 Å². The van der Waals surface area contributed by atoms with Gasteiger partial charge in [-0.25, -0.2) is 28.1 Å². The maximum atomic E-state index is 14.0. The van der Waals surface area contributed by atoms with Gasteiger partial charge in [-0.3, -0.25) is 13.6 Å². The third kappa shape index (κ3) is 25.5. The van der Waals surface area contributed by atoms with Gasteiger partial charge >= 0.3 is 41.4 Å².